The van der Waals surface area contributed by atoms with Gasteiger partial charge < -0.3 is 29.4 Å². The first-order chi connectivity index (χ1) is 17.9. The lowest BCUT2D eigenvalue weighted by Gasteiger charge is -2.30. The number of thiophene rings is 1. The van der Waals surface area contributed by atoms with Gasteiger partial charge in [-0.2, -0.15) is 11.3 Å². The normalized spacial score (nSPS) is 12.6. The van der Waals surface area contributed by atoms with Gasteiger partial charge in [0.15, 0.2) is 11.5 Å². The maximum Gasteiger partial charge on any atom is 0.252 e. The number of carbonyl (C=O) groups is 1. The summed E-state index contributed by atoms with van der Waals surface area (Å²) < 4.78 is 21.9. The summed E-state index contributed by atoms with van der Waals surface area (Å²) in [5.41, 5.74) is 2.47. The third kappa shape index (κ3) is 5.19. The molecule has 4 rings (SSSR count). The number of carbonyl (C=O) groups excluding carboxylic acids is 1. The van der Waals surface area contributed by atoms with Crippen molar-refractivity contribution >= 4 is 28.1 Å². The van der Waals surface area contributed by atoms with E-state index in [1.807, 2.05) is 29.8 Å². The van der Waals surface area contributed by atoms with Crippen LogP contribution >= 0.6 is 11.3 Å². The number of ether oxygens (including phenoxy) is 4. The second-order valence-electron chi connectivity index (χ2n) is 8.62. The van der Waals surface area contributed by atoms with E-state index in [0.29, 0.717) is 57.1 Å². The summed E-state index contributed by atoms with van der Waals surface area (Å²) in [6.07, 6.45) is 0.363. The van der Waals surface area contributed by atoms with Crippen molar-refractivity contribution in [1.29, 1.82) is 0 Å². The Hall–Kier alpha value is -3.82. The Morgan fingerprint density at radius 2 is 1.73 bits per heavy atom. The van der Waals surface area contributed by atoms with Gasteiger partial charge in [-0.05, 0) is 72.1 Å². The summed E-state index contributed by atoms with van der Waals surface area (Å²) in [5.74, 6) is 1.74. The van der Waals surface area contributed by atoms with Gasteiger partial charge in [0, 0.05) is 17.6 Å². The Bertz CT molecular complexity index is 1380. The van der Waals surface area contributed by atoms with E-state index in [4.69, 9.17) is 23.9 Å². The molecule has 0 saturated carbocycles. The number of nitrogens with one attached hydrogen (secondary N) is 1. The van der Waals surface area contributed by atoms with E-state index in [0.717, 1.165) is 5.56 Å². The molecule has 0 bridgehead atoms. The van der Waals surface area contributed by atoms with Crippen molar-refractivity contribution in [2.24, 2.45) is 0 Å². The second kappa shape index (κ2) is 11.1. The lowest BCUT2D eigenvalue weighted by Crippen LogP contribution is -2.44. The van der Waals surface area contributed by atoms with Crippen molar-refractivity contribution in [3.05, 3.63) is 64.4 Å². The number of hydrogen-bond acceptors (Lipinski definition) is 8. The van der Waals surface area contributed by atoms with Crippen LogP contribution in [0.1, 0.15) is 29.3 Å². The Labute approximate surface area is 219 Å². The van der Waals surface area contributed by atoms with E-state index in [9.17, 15) is 9.90 Å². The number of aliphatic hydroxyl groups excluding tert-OH is 1. The molecule has 37 heavy (non-hydrogen) atoms. The third-order valence-corrected chi connectivity index (χ3v) is 7.06. The van der Waals surface area contributed by atoms with Gasteiger partial charge in [-0.3, -0.25) is 4.79 Å². The highest BCUT2D eigenvalue weighted by atomic mass is 32.1. The van der Waals surface area contributed by atoms with Crippen LogP contribution in [0.2, 0.25) is 0 Å². The SMILES string of the molecule is COc1ccc2nc(-c3cc(OC)c(OC)c(OC)c3)cc(C(=O)N[C@](C)(CCO)c3ccsc3)c2c1. The number of aromatic nitrogens is 1. The highest BCUT2D eigenvalue weighted by Crippen LogP contribution is 2.41. The number of amides is 1. The number of nitrogens with zero attached hydrogens (tertiary/aromatic N) is 1. The first-order valence-corrected chi connectivity index (χ1v) is 12.6. The highest BCUT2D eigenvalue weighted by Gasteiger charge is 2.30. The van der Waals surface area contributed by atoms with Crippen molar-refractivity contribution in [1.82, 2.24) is 10.3 Å². The zero-order valence-electron chi connectivity index (χ0n) is 21.5. The molecular weight excluding hydrogens is 492 g/mol. The topological polar surface area (TPSA) is 99.1 Å². The van der Waals surface area contributed by atoms with Crippen LogP contribution in [0, 0.1) is 0 Å². The van der Waals surface area contributed by atoms with Gasteiger partial charge in [-0.1, -0.05) is 0 Å². The van der Waals surface area contributed by atoms with Gasteiger partial charge in [0.25, 0.3) is 5.91 Å². The standard InChI is InChI=1S/C28H30N2O6S/c1-28(9-10-31,18-8-11-37-16-18)30-27(32)21-15-23(29-22-7-6-19(33-2)14-20(21)22)17-12-24(34-3)26(36-5)25(13-17)35-4/h6-8,11-16,31H,9-10H2,1-5H3,(H,30,32)/t28-/m1/s1. The average Bonchev–Trinajstić information content (AvgIpc) is 3.47. The van der Waals surface area contributed by atoms with E-state index >= 15 is 0 Å². The zero-order valence-corrected chi connectivity index (χ0v) is 22.3. The summed E-state index contributed by atoms with van der Waals surface area (Å²) in [4.78, 5) is 18.7. The minimum Gasteiger partial charge on any atom is -0.497 e. The molecule has 194 valence electrons. The van der Waals surface area contributed by atoms with Crippen LogP contribution in [0.4, 0.5) is 0 Å². The molecule has 4 aromatic rings. The van der Waals surface area contributed by atoms with Gasteiger partial charge >= 0.3 is 0 Å². The quantitative estimate of drug-likeness (QED) is 0.302. The van der Waals surface area contributed by atoms with Crippen molar-refractivity contribution in [2.45, 2.75) is 18.9 Å². The van der Waals surface area contributed by atoms with Gasteiger partial charge in [0.2, 0.25) is 5.75 Å². The van der Waals surface area contributed by atoms with Crippen LogP contribution in [0.5, 0.6) is 23.0 Å². The monoisotopic (exact) mass is 522 g/mol. The number of pyridine rings is 1. The predicted octanol–water partition coefficient (Wildman–Crippen LogP) is 5.03. The van der Waals surface area contributed by atoms with Gasteiger partial charge in [-0.25, -0.2) is 4.98 Å². The van der Waals surface area contributed by atoms with E-state index in [2.05, 4.69) is 5.32 Å². The van der Waals surface area contributed by atoms with Crippen molar-refractivity contribution in [3.63, 3.8) is 0 Å². The highest BCUT2D eigenvalue weighted by molar-refractivity contribution is 7.08. The van der Waals surface area contributed by atoms with Crippen LogP contribution in [-0.2, 0) is 5.54 Å². The molecule has 0 saturated heterocycles. The summed E-state index contributed by atoms with van der Waals surface area (Å²) >= 11 is 1.54. The molecule has 0 spiro atoms. The smallest absolute Gasteiger partial charge is 0.252 e. The Morgan fingerprint density at radius 3 is 2.30 bits per heavy atom. The van der Waals surface area contributed by atoms with Gasteiger partial charge in [0.1, 0.15) is 5.75 Å². The average molecular weight is 523 g/mol. The lowest BCUT2D eigenvalue weighted by atomic mass is 9.90. The van der Waals surface area contributed by atoms with Crippen LogP contribution in [0.25, 0.3) is 22.2 Å². The first kappa shape index (κ1) is 26.2. The van der Waals surface area contributed by atoms with Crippen LogP contribution in [0.15, 0.2) is 53.2 Å². The van der Waals surface area contributed by atoms with E-state index in [-0.39, 0.29) is 12.5 Å². The van der Waals surface area contributed by atoms with Crippen LogP contribution in [0.3, 0.4) is 0 Å². The molecule has 0 radical (unpaired) electrons. The third-order valence-electron chi connectivity index (χ3n) is 6.38. The summed E-state index contributed by atoms with van der Waals surface area (Å²) in [6, 6.07) is 12.7. The fourth-order valence-corrected chi connectivity index (χ4v) is 5.08. The number of rotatable bonds is 10. The van der Waals surface area contributed by atoms with E-state index < -0.39 is 5.54 Å². The maximum absolute atomic E-state index is 13.8. The zero-order chi connectivity index (χ0) is 26.6. The second-order valence-corrected chi connectivity index (χ2v) is 9.40. The number of fused-ring (bicyclic) bond motifs is 1. The lowest BCUT2D eigenvalue weighted by molar-refractivity contribution is 0.0889. The van der Waals surface area contributed by atoms with Crippen molar-refractivity contribution in [2.75, 3.05) is 35.0 Å². The molecule has 0 fully saturated rings. The van der Waals surface area contributed by atoms with E-state index in [1.165, 1.54) is 11.3 Å². The summed E-state index contributed by atoms with van der Waals surface area (Å²) in [5, 5.41) is 17.5. The molecule has 1 atom stereocenters. The number of benzene rings is 2. The Kier molecular flexibility index (Phi) is 7.85. The molecule has 2 heterocycles. The molecule has 1 amide bonds. The van der Waals surface area contributed by atoms with Crippen molar-refractivity contribution in [3.8, 4) is 34.3 Å². The predicted molar refractivity (Wildman–Crippen MR) is 144 cm³/mol. The van der Waals surface area contributed by atoms with E-state index in [1.54, 1.807) is 58.8 Å². The molecule has 9 heteroatoms. The molecule has 0 unspecified atom stereocenters. The van der Waals surface area contributed by atoms with Crippen molar-refractivity contribution < 1.29 is 28.8 Å². The molecule has 2 aromatic heterocycles. The number of aliphatic hydroxyl groups is 1. The van der Waals surface area contributed by atoms with Crippen LogP contribution < -0.4 is 24.3 Å². The molecule has 2 N–H and O–H groups in total. The first-order valence-electron chi connectivity index (χ1n) is 11.6. The molecule has 0 aliphatic heterocycles. The molecular formula is C28H30N2O6S. The fourth-order valence-electron chi connectivity index (χ4n) is 4.30. The minimum atomic E-state index is -0.757. The number of hydrogen-bond donors (Lipinski definition) is 2. The summed E-state index contributed by atoms with van der Waals surface area (Å²) in [7, 11) is 6.22. The fraction of sp³-hybridized carbons (Fsp3) is 0.286. The Balaban J connectivity index is 1.88. The number of methoxy groups -OCH3 is 4. The molecule has 2 aromatic carbocycles. The molecule has 8 nitrogen and oxygen atoms in total. The molecule has 0 aliphatic carbocycles. The molecule has 0 aliphatic rings. The maximum atomic E-state index is 13.8. The van der Waals surface area contributed by atoms with Gasteiger partial charge in [0.05, 0.1) is 50.8 Å². The Morgan fingerprint density at radius 1 is 1.00 bits per heavy atom. The summed E-state index contributed by atoms with van der Waals surface area (Å²) in [6.45, 7) is 1.83. The van der Waals surface area contributed by atoms with Crippen LogP contribution in [-0.4, -0.2) is 51.0 Å². The minimum absolute atomic E-state index is 0.0752. The van der Waals surface area contributed by atoms with Gasteiger partial charge in [-0.15, -0.1) is 0 Å². The largest absolute Gasteiger partial charge is 0.497 e.